The van der Waals surface area contributed by atoms with E-state index in [9.17, 15) is 0 Å². The Hall–Kier alpha value is 0.389. The van der Waals surface area contributed by atoms with E-state index in [1.54, 1.807) is 19.3 Å². The molecule has 0 heterocycles. The maximum absolute atomic E-state index is 5.25. The zero-order chi connectivity index (χ0) is 15.9. The first-order chi connectivity index (χ1) is 12.9. The number of hydrogen-bond acceptors (Lipinski definition) is 0. The summed E-state index contributed by atoms with van der Waals surface area (Å²) in [5, 5.41) is 0. The molecule has 0 bridgehead atoms. The molecule has 2 heteroatoms. The van der Waals surface area contributed by atoms with Gasteiger partial charge in [0.2, 0.25) is 0 Å². The quantitative estimate of drug-likeness (QED) is 0.325. The van der Waals surface area contributed by atoms with Gasteiger partial charge in [-0.25, -0.2) is 0 Å². The first-order valence-corrected chi connectivity index (χ1v) is 11.6. The van der Waals surface area contributed by atoms with Crippen LogP contribution in [-0.4, -0.2) is 9.71 Å². The predicted molar refractivity (Wildman–Crippen MR) is 123 cm³/mol. The first-order valence-electron chi connectivity index (χ1n) is 12.2. The topological polar surface area (TPSA) is 0 Å². The largest absolute Gasteiger partial charge is 0.0804 e. The number of hydrogen-bond donors (Lipinski definition) is 0. The van der Waals surface area contributed by atoms with Crippen LogP contribution >= 0.6 is 0 Å². The second kappa shape index (κ2) is 3.87. The van der Waals surface area contributed by atoms with Gasteiger partial charge in [0.15, 0.2) is 0 Å². The number of allylic oxidation sites excluding steroid dienone is 2. The Morgan fingerprint density at radius 2 is 1.19 bits per heavy atom. The van der Waals surface area contributed by atoms with Crippen LogP contribution in [0, 0.1) is 109 Å². The van der Waals surface area contributed by atoms with Crippen molar-refractivity contribution in [3.63, 3.8) is 0 Å². The van der Waals surface area contributed by atoms with Gasteiger partial charge in [-0.15, -0.1) is 0 Å². The fourth-order valence-electron chi connectivity index (χ4n) is 19.4. The van der Waals surface area contributed by atoms with Gasteiger partial charge < -0.3 is 0 Å². The Morgan fingerprint density at radius 3 is 1.74 bits per heavy atom. The minimum absolute atomic E-state index is 0. The first kappa shape index (κ1) is 19.7. The Kier molecular flexibility index (Phi) is 2.45. The van der Waals surface area contributed by atoms with Crippen LogP contribution in [0.25, 0.3) is 0 Å². The van der Waals surface area contributed by atoms with Gasteiger partial charge in [-0.1, -0.05) is 48.8 Å². The van der Waals surface area contributed by atoms with E-state index in [0.717, 1.165) is 38.4 Å². The molecule has 14 aliphatic rings. The Bertz CT molecular complexity index is 1120. The SMILES string of the molecule is C.C.C.C.C.C1=C2CC3C4C5C6C7C8CC9CC%10C%11C%12C%13C%14C1C23C%144C%135C%126C%117C9%108.[3H][B].[V]. The van der Waals surface area contributed by atoms with Crippen molar-refractivity contribution in [2.45, 2.75) is 56.4 Å². The molecule has 19 atom stereocenters. The van der Waals surface area contributed by atoms with Crippen molar-refractivity contribution < 1.29 is 18.6 Å². The van der Waals surface area contributed by atoms with Crippen molar-refractivity contribution in [3.8, 4) is 0 Å². The molecule has 13 fully saturated rings. The molecule has 0 saturated heterocycles. The fourth-order valence-corrected chi connectivity index (χ4v) is 19.4. The average molecular weight is 453 g/mol. The summed E-state index contributed by atoms with van der Waals surface area (Å²) in [6, 6.07) is 0. The van der Waals surface area contributed by atoms with E-state index in [1.807, 2.05) is 5.57 Å². The molecule has 31 heavy (non-hydrogen) atoms. The van der Waals surface area contributed by atoms with Gasteiger partial charge in [0.25, 0.3) is 0 Å². The van der Waals surface area contributed by atoms with Gasteiger partial charge in [0.1, 0.15) is 0 Å². The standard InChI is InChI=1S/C24H20.5CH4.BH.V/c1-5-2-8-12-17-18-14-10-4-6-3-9-13-16-15-11-7(1)19(5,8)21(11,12)23(15,17)24(16,18)22(13,14)20(6,9)10;;;;;;;/h1,6-18H,2-4H2;5*1H4;1H;/i;;;;;;1T;. The van der Waals surface area contributed by atoms with Gasteiger partial charge in [-0.3, -0.25) is 0 Å². The molecular formula is C29H41BV. The molecule has 14 rings (SSSR count). The number of rotatable bonds is 0. The fraction of sp³-hybridized carbons (Fsp3) is 0.931. The van der Waals surface area contributed by atoms with E-state index < -0.39 is 0 Å². The maximum Gasteiger partial charge on any atom is 0.0379 e. The molecule has 14 aliphatic carbocycles. The smallest absolute Gasteiger partial charge is 0.0379 e. The van der Waals surface area contributed by atoms with Crippen molar-refractivity contribution in [2.75, 3.05) is 0 Å². The molecule has 165 valence electrons. The van der Waals surface area contributed by atoms with E-state index >= 15 is 0 Å². The molecular weight excluding hydrogens is 410 g/mol. The minimum atomic E-state index is 0. The summed E-state index contributed by atoms with van der Waals surface area (Å²) in [5.41, 5.74) is 8.28. The van der Waals surface area contributed by atoms with E-state index in [4.69, 9.17) is 1.34 Å². The third-order valence-corrected chi connectivity index (χ3v) is 17.1. The van der Waals surface area contributed by atoms with Crippen molar-refractivity contribution in [1.29, 1.82) is 1.34 Å². The second-order valence-corrected chi connectivity index (χ2v) is 13.9. The molecule has 13 saturated carbocycles. The van der Waals surface area contributed by atoms with Crippen LogP contribution in [0.4, 0.5) is 0 Å². The summed E-state index contributed by atoms with van der Waals surface area (Å²) in [6.07, 6.45) is 7.85. The van der Waals surface area contributed by atoms with Gasteiger partial charge >= 0.3 is 0 Å². The maximum atomic E-state index is 5.25. The van der Waals surface area contributed by atoms with Gasteiger partial charge in [0, 0.05) is 32.3 Å². The normalized spacial score (nSPS) is 86.6. The van der Waals surface area contributed by atoms with E-state index in [-0.39, 0.29) is 55.7 Å². The Labute approximate surface area is 205 Å². The summed E-state index contributed by atoms with van der Waals surface area (Å²) in [5.74, 6) is 16.9. The predicted octanol–water partition coefficient (Wildman–Crippen LogP) is 5.73. The molecule has 19 unspecified atom stereocenters. The molecule has 0 aromatic heterocycles. The van der Waals surface area contributed by atoms with Crippen molar-refractivity contribution in [2.24, 2.45) is 109 Å². The average Bonchev–Trinajstić information content (AvgIpc) is 2.54. The molecule has 6 spiro atoms. The van der Waals surface area contributed by atoms with Crippen molar-refractivity contribution in [1.82, 2.24) is 0 Å². The van der Waals surface area contributed by atoms with E-state index in [0.29, 0.717) is 0 Å². The van der Waals surface area contributed by atoms with Gasteiger partial charge in [-0.2, -0.15) is 0 Å². The zero-order valence-electron chi connectivity index (χ0n) is 15.7. The van der Waals surface area contributed by atoms with Gasteiger partial charge in [-0.05, 0) is 125 Å². The van der Waals surface area contributed by atoms with Crippen molar-refractivity contribution >= 4 is 8.38 Å². The molecule has 0 amide bonds. The van der Waals surface area contributed by atoms with Crippen molar-refractivity contribution in [3.05, 3.63) is 11.6 Å². The summed E-state index contributed by atoms with van der Waals surface area (Å²) in [6.45, 7) is 0. The van der Waals surface area contributed by atoms with Crippen LogP contribution in [0.15, 0.2) is 11.6 Å². The summed E-state index contributed by atoms with van der Waals surface area (Å²) in [7, 11) is 3.75. The van der Waals surface area contributed by atoms with Gasteiger partial charge in [0.05, 0.1) is 0 Å². The van der Waals surface area contributed by atoms with Crippen LogP contribution in [0.5, 0.6) is 0 Å². The molecule has 3 radical (unpaired) electrons. The van der Waals surface area contributed by atoms with E-state index in [1.165, 1.54) is 71.0 Å². The molecule has 0 N–H and O–H groups in total. The summed E-state index contributed by atoms with van der Waals surface area (Å²) in [4.78, 5) is 0. The Balaban J connectivity index is 0.000000221. The second-order valence-electron chi connectivity index (χ2n) is 13.9. The van der Waals surface area contributed by atoms with Crippen LogP contribution < -0.4 is 0 Å². The third-order valence-electron chi connectivity index (χ3n) is 17.1. The van der Waals surface area contributed by atoms with Crippen LogP contribution in [0.1, 0.15) is 56.4 Å². The zero-order valence-corrected chi connectivity index (χ0v) is 16.1. The third kappa shape index (κ3) is 0.713. The minimum Gasteiger partial charge on any atom is -0.0804 e. The Morgan fingerprint density at radius 1 is 0.677 bits per heavy atom. The molecule has 0 aromatic rings. The molecule has 0 aromatic carbocycles. The summed E-state index contributed by atoms with van der Waals surface area (Å²) < 4.78 is 5.25. The monoisotopic (exact) mass is 453 g/mol. The van der Waals surface area contributed by atoms with Crippen LogP contribution in [-0.2, 0) is 18.6 Å². The molecule has 0 nitrogen and oxygen atoms in total. The van der Waals surface area contributed by atoms with E-state index in [2.05, 4.69) is 14.5 Å². The van der Waals surface area contributed by atoms with Crippen LogP contribution in [0.3, 0.4) is 0 Å². The molecule has 0 aliphatic heterocycles. The summed E-state index contributed by atoms with van der Waals surface area (Å²) >= 11 is 0. The number of fused-ring (bicyclic) bond motifs is 10. The van der Waals surface area contributed by atoms with Crippen LogP contribution in [0.2, 0.25) is 0 Å².